The lowest BCUT2D eigenvalue weighted by Gasteiger charge is -2.26. The van der Waals surface area contributed by atoms with Crippen LogP contribution in [0.3, 0.4) is 0 Å². The van der Waals surface area contributed by atoms with Crippen LogP contribution in [-0.2, 0) is 19.6 Å². The summed E-state index contributed by atoms with van der Waals surface area (Å²) >= 11 is 0. The van der Waals surface area contributed by atoms with Crippen LogP contribution < -0.4 is 10.6 Å². The van der Waals surface area contributed by atoms with Gasteiger partial charge in [0.15, 0.2) is 5.82 Å². The second-order valence-corrected chi connectivity index (χ2v) is 9.52. The fourth-order valence-electron chi connectivity index (χ4n) is 3.44. The van der Waals surface area contributed by atoms with Gasteiger partial charge in [-0.1, -0.05) is 6.07 Å². The molecule has 0 radical (unpaired) electrons. The molecule has 1 aliphatic heterocycles. The molecule has 0 saturated carbocycles. The molecule has 0 aliphatic carbocycles. The molecule has 0 atom stereocenters. The average Bonchev–Trinajstić information content (AvgIpc) is 3.25. The predicted octanol–water partition coefficient (Wildman–Crippen LogP) is 1.35. The van der Waals surface area contributed by atoms with Gasteiger partial charge in [-0.25, -0.2) is 8.42 Å². The maximum Gasteiger partial charge on any atom is 0.243 e. The van der Waals surface area contributed by atoms with E-state index in [4.69, 9.17) is 4.74 Å². The maximum atomic E-state index is 12.7. The predicted molar refractivity (Wildman–Crippen MR) is 122 cm³/mol. The number of sulfonamides is 1. The molecule has 0 spiro atoms. The number of benzene rings is 2. The van der Waals surface area contributed by atoms with Crippen molar-refractivity contribution in [2.75, 3.05) is 43.5 Å². The van der Waals surface area contributed by atoms with Gasteiger partial charge in [0.2, 0.25) is 15.9 Å². The Balaban J connectivity index is 1.36. The van der Waals surface area contributed by atoms with E-state index in [-0.39, 0.29) is 17.3 Å². The van der Waals surface area contributed by atoms with E-state index in [0.29, 0.717) is 37.8 Å². The van der Waals surface area contributed by atoms with Crippen LogP contribution >= 0.6 is 0 Å². The molecule has 0 bridgehead atoms. The van der Waals surface area contributed by atoms with Gasteiger partial charge in [0, 0.05) is 24.5 Å². The lowest BCUT2D eigenvalue weighted by molar-refractivity contribution is -0.114. The molecule has 2 N–H and O–H groups in total. The molecule has 0 unspecified atom stereocenters. The van der Waals surface area contributed by atoms with Crippen LogP contribution in [-0.4, -0.2) is 71.7 Å². The minimum Gasteiger partial charge on any atom is -0.379 e. The fourth-order valence-corrected chi connectivity index (χ4v) is 4.84. The third kappa shape index (κ3) is 5.18. The maximum absolute atomic E-state index is 12.7. The largest absolute Gasteiger partial charge is 0.379 e. The zero-order chi connectivity index (χ0) is 23.4. The highest BCUT2D eigenvalue weighted by Gasteiger charge is 2.26. The highest BCUT2D eigenvalue weighted by molar-refractivity contribution is 7.89. The van der Waals surface area contributed by atoms with E-state index in [0.717, 1.165) is 16.9 Å². The van der Waals surface area contributed by atoms with Gasteiger partial charge in [0.25, 0.3) is 0 Å². The first-order valence-corrected chi connectivity index (χ1v) is 11.9. The molecular weight excluding hydrogens is 446 g/mol. The zero-order valence-electron chi connectivity index (χ0n) is 18.4. The van der Waals surface area contributed by atoms with Crippen LogP contribution in [0.1, 0.15) is 11.4 Å². The highest BCUT2D eigenvalue weighted by Crippen LogP contribution is 2.21. The third-order valence-electron chi connectivity index (χ3n) is 5.26. The van der Waals surface area contributed by atoms with Crippen molar-refractivity contribution in [1.82, 2.24) is 24.5 Å². The molecule has 2 heterocycles. The van der Waals surface area contributed by atoms with E-state index in [1.165, 1.54) is 16.4 Å². The first kappa shape index (κ1) is 22.8. The van der Waals surface area contributed by atoms with Crippen molar-refractivity contribution in [3.8, 4) is 5.69 Å². The number of ether oxygens (including phenoxy) is 1. The SMILES string of the molecule is Cc1ccc(NCC(=O)Nc2ccc(S(=O)(=O)N3CCOCC3)cc2)cc1-n1nnnc1C. The molecule has 1 saturated heterocycles. The number of hydrogen-bond donors (Lipinski definition) is 2. The number of nitrogens with one attached hydrogen (secondary N) is 2. The van der Waals surface area contributed by atoms with Crippen LogP contribution in [0.25, 0.3) is 5.69 Å². The molecule has 1 fully saturated rings. The van der Waals surface area contributed by atoms with Crippen LogP contribution in [0.4, 0.5) is 11.4 Å². The second kappa shape index (κ2) is 9.65. The number of rotatable bonds is 7. The zero-order valence-corrected chi connectivity index (χ0v) is 19.2. The number of anilines is 2. The fraction of sp³-hybridized carbons (Fsp3) is 0.333. The Morgan fingerprint density at radius 2 is 1.76 bits per heavy atom. The number of nitrogens with zero attached hydrogens (tertiary/aromatic N) is 5. The van der Waals surface area contributed by atoms with E-state index in [2.05, 4.69) is 26.2 Å². The van der Waals surface area contributed by atoms with Gasteiger partial charge in [0.1, 0.15) is 0 Å². The molecule has 174 valence electrons. The minimum absolute atomic E-state index is 0.0327. The summed E-state index contributed by atoms with van der Waals surface area (Å²) in [4.78, 5) is 12.6. The average molecular weight is 472 g/mol. The van der Waals surface area contributed by atoms with Crippen LogP contribution in [0, 0.1) is 13.8 Å². The molecule has 2 aromatic carbocycles. The Bertz CT molecular complexity index is 1240. The molecule has 1 aromatic heterocycles. The summed E-state index contributed by atoms with van der Waals surface area (Å²) in [6.07, 6.45) is 0. The van der Waals surface area contributed by atoms with Gasteiger partial charge in [-0.2, -0.15) is 8.99 Å². The Morgan fingerprint density at radius 3 is 2.42 bits per heavy atom. The summed E-state index contributed by atoms with van der Waals surface area (Å²) in [5.41, 5.74) is 3.07. The van der Waals surface area contributed by atoms with Crippen molar-refractivity contribution in [2.45, 2.75) is 18.7 Å². The molecular formula is C21H25N7O4S. The molecule has 1 aliphatic rings. The van der Waals surface area contributed by atoms with Gasteiger partial charge in [-0.3, -0.25) is 4.79 Å². The lowest BCUT2D eigenvalue weighted by Crippen LogP contribution is -2.40. The second-order valence-electron chi connectivity index (χ2n) is 7.58. The van der Waals surface area contributed by atoms with E-state index >= 15 is 0 Å². The molecule has 33 heavy (non-hydrogen) atoms. The Morgan fingerprint density at radius 1 is 1.06 bits per heavy atom. The Labute approximate surface area is 191 Å². The number of aromatic nitrogens is 4. The monoisotopic (exact) mass is 471 g/mol. The summed E-state index contributed by atoms with van der Waals surface area (Å²) in [5, 5.41) is 17.4. The van der Waals surface area contributed by atoms with Gasteiger partial charge in [0.05, 0.1) is 30.3 Å². The number of amides is 1. The van der Waals surface area contributed by atoms with Crippen molar-refractivity contribution in [3.05, 3.63) is 53.9 Å². The van der Waals surface area contributed by atoms with E-state index < -0.39 is 10.0 Å². The number of carbonyl (C=O) groups excluding carboxylic acids is 1. The molecule has 3 aromatic rings. The van der Waals surface area contributed by atoms with Gasteiger partial charge < -0.3 is 15.4 Å². The van der Waals surface area contributed by atoms with Crippen molar-refractivity contribution in [3.63, 3.8) is 0 Å². The summed E-state index contributed by atoms with van der Waals surface area (Å²) in [6, 6.07) is 11.8. The number of morpholine rings is 1. The molecule has 11 nitrogen and oxygen atoms in total. The molecule has 4 rings (SSSR count). The lowest BCUT2D eigenvalue weighted by atomic mass is 10.2. The van der Waals surface area contributed by atoms with Gasteiger partial charge in [-0.05, 0) is 66.2 Å². The van der Waals surface area contributed by atoms with Gasteiger partial charge >= 0.3 is 0 Å². The topological polar surface area (TPSA) is 131 Å². The standard InChI is InChI=1S/C21H25N7O4S/c1-15-3-4-18(13-20(15)28-16(2)24-25-26-28)22-14-21(29)23-17-5-7-19(8-6-17)33(30,31)27-9-11-32-12-10-27/h3-8,13,22H,9-12,14H2,1-2H3,(H,23,29). The van der Waals surface area contributed by atoms with E-state index in [9.17, 15) is 13.2 Å². The van der Waals surface area contributed by atoms with Crippen molar-refractivity contribution in [2.24, 2.45) is 0 Å². The quantitative estimate of drug-likeness (QED) is 0.528. The number of aryl methyl sites for hydroxylation is 2. The first-order chi connectivity index (χ1) is 15.8. The third-order valence-corrected chi connectivity index (χ3v) is 7.17. The summed E-state index contributed by atoms with van der Waals surface area (Å²) < 4.78 is 33.6. The summed E-state index contributed by atoms with van der Waals surface area (Å²) in [6.45, 7) is 5.24. The number of carbonyl (C=O) groups is 1. The van der Waals surface area contributed by atoms with Gasteiger partial charge in [-0.15, -0.1) is 5.10 Å². The van der Waals surface area contributed by atoms with Crippen LogP contribution in [0.15, 0.2) is 47.4 Å². The molecule has 12 heteroatoms. The number of tetrazole rings is 1. The summed E-state index contributed by atoms with van der Waals surface area (Å²) in [5.74, 6) is 0.395. The van der Waals surface area contributed by atoms with E-state index in [1.54, 1.807) is 16.8 Å². The minimum atomic E-state index is -3.57. The Kier molecular flexibility index (Phi) is 6.67. The normalized spacial score (nSPS) is 14.7. The smallest absolute Gasteiger partial charge is 0.243 e. The van der Waals surface area contributed by atoms with E-state index in [1.807, 2.05) is 32.0 Å². The van der Waals surface area contributed by atoms with Crippen molar-refractivity contribution >= 4 is 27.3 Å². The number of hydrogen-bond acceptors (Lipinski definition) is 8. The van der Waals surface area contributed by atoms with Crippen molar-refractivity contribution < 1.29 is 17.9 Å². The van der Waals surface area contributed by atoms with Crippen molar-refractivity contribution in [1.29, 1.82) is 0 Å². The Hall–Kier alpha value is -3.35. The van der Waals surface area contributed by atoms with Crippen LogP contribution in [0.5, 0.6) is 0 Å². The molecule has 1 amide bonds. The highest BCUT2D eigenvalue weighted by atomic mass is 32.2. The summed E-state index contributed by atoms with van der Waals surface area (Å²) in [7, 11) is -3.57. The first-order valence-electron chi connectivity index (χ1n) is 10.4. The van der Waals surface area contributed by atoms with Crippen LogP contribution in [0.2, 0.25) is 0 Å².